The number of nitrogens with zero attached hydrogens (tertiary/aromatic N) is 2. The van der Waals surface area contributed by atoms with Gasteiger partial charge in [-0.3, -0.25) is 4.79 Å². The molecule has 30 heavy (non-hydrogen) atoms. The molecular weight excluding hydrogens is 376 g/mol. The van der Waals surface area contributed by atoms with Gasteiger partial charge in [0.15, 0.2) is 5.96 Å². The summed E-state index contributed by atoms with van der Waals surface area (Å²) in [6, 6.07) is 8.55. The summed E-state index contributed by atoms with van der Waals surface area (Å²) in [6.45, 7) is 8.94. The van der Waals surface area contributed by atoms with Crippen molar-refractivity contribution in [2.24, 2.45) is 10.9 Å². The van der Waals surface area contributed by atoms with Crippen molar-refractivity contribution in [1.29, 1.82) is 0 Å². The molecule has 0 bridgehead atoms. The Morgan fingerprint density at radius 2 is 2.03 bits per heavy atom. The van der Waals surface area contributed by atoms with E-state index in [0.717, 1.165) is 56.2 Å². The Labute approximate surface area is 181 Å². The first-order valence-corrected chi connectivity index (χ1v) is 11.6. The van der Waals surface area contributed by atoms with Gasteiger partial charge in [0.05, 0.1) is 12.6 Å². The highest BCUT2D eigenvalue weighted by Crippen LogP contribution is 2.24. The van der Waals surface area contributed by atoms with Gasteiger partial charge in [0.1, 0.15) is 5.75 Å². The molecule has 1 aromatic rings. The van der Waals surface area contributed by atoms with Crippen LogP contribution in [0.3, 0.4) is 0 Å². The van der Waals surface area contributed by atoms with E-state index in [9.17, 15) is 4.79 Å². The summed E-state index contributed by atoms with van der Waals surface area (Å²) in [5.74, 6) is 2.04. The number of amides is 1. The second-order valence-electron chi connectivity index (χ2n) is 8.79. The molecule has 2 N–H and O–H groups in total. The molecule has 0 radical (unpaired) electrons. The van der Waals surface area contributed by atoms with Crippen molar-refractivity contribution in [2.45, 2.75) is 78.0 Å². The van der Waals surface area contributed by atoms with E-state index in [4.69, 9.17) is 9.73 Å². The van der Waals surface area contributed by atoms with Crippen LogP contribution >= 0.6 is 0 Å². The third-order valence-electron chi connectivity index (χ3n) is 5.85. The maximum absolute atomic E-state index is 12.2. The minimum atomic E-state index is 0.0498. The highest BCUT2D eigenvalue weighted by atomic mass is 16.5. The minimum Gasteiger partial charge on any atom is -0.490 e. The van der Waals surface area contributed by atoms with Crippen LogP contribution in [0.1, 0.15) is 64.9 Å². The van der Waals surface area contributed by atoms with E-state index in [-0.39, 0.29) is 17.9 Å². The Kier molecular flexibility index (Phi) is 8.40. The van der Waals surface area contributed by atoms with Crippen LogP contribution in [0, 0.1) is 5.92 Å². The van der Waals surface area contributed by atoms with Crippen molar-refractivity contribution in [3.05, 3.63) is 29.8 Å². The van der Waals surface area contributed by atoms with Gasteiger partial charge in [0.2, 0.25) is 5.91 Å². The molecule has 1 saturated heterocycles. The van der Waals surface area contributed by atoms with Crippen molar-refractivity contribution >= 4 is 11.9 Å². The number of ether oxygens (including phenoxy) is 1. The average Bonchev–Trinajstić information content (AvgIpc) is 3.21. The van der Waals surface area contributed by atoms with E-state index < -0.39 is 0 Å². The van der Waals surface area contributed by atoms with Gasteiger partial charge < -0.3 is 20.3 Å². The second-order valence-corrected chi connectivity index (χ2v) is 8.79. The fourth-order valence-electron chi connectivity index (χ4n) is 4.22. The van der Waals surface area contributed by atoms with Gasteiger partial charge in [-0.05, 0) is 56.7 Å². The number of hydrogen-bond acceptors (Lipinski definition) is 3. The smallest absolute Gasteiger partial charge is 0.225 e. The number of benzene rings is 1. The Morgan fingerprint density at radius 3 is 2.77 bits per heavy atom. The molecule has 0 spiro atoms. The summed E-state index contributed by atoms with van der Waals surface area (Å²) in [7, 11) is 0. The van der Waals surface area contributed by atoms with Crippen LogP contribution in [-0.4, -0.2) is 48.5 Å². The average molecular weight is 415 g/mol. The lowest BCUT2D eigenvalue weighted by Crippen LogP contribution is -2.45. The van der Waals surface area contributed by atoms with Gasteiger partial charge in [-0.2, -0.15) is 0 Å². The van der Waals surface area contributed by atoms with Gasteiger partial charge in [0, 0.05) is 31.6 Å². The van der Waals surface area contributed by atoms with Crippen molar-refractivity contribution in [2.75, 3.05) is 19.6 Å². The molecule has 2 aliphatic rings. The first kappa shape index (κ1) is 22.4. The molecule has 166 valence electrons. The molecule has 1 aliphatic carbocycles. The van der Waals surface area contributed by atoms with Crippen LogP contribution in [0.2, 0.25) is 0 Å². The number of carbonyl (C=O) groups excluding carboxylic acids is 1. The van der Waals surface area contributed by atoms with E-state index in [1.807, 2.05) is 24.8 Å². The molecule has 6 nitrogen and oxygen atoms in total. The Morgan fingerprint density at radius 1 is 1.23 bits per heavy atom. The Hall–Kier alpha value is -2.24. The molecule has 1 atom stereocenters. The van der Waals surface area contributed by atoms with Gasteiger partial charge in [-0.15, -0.1) is 0 Å². The van der Waals surface area contributed by atoms with Gasteiger partial charge in [0.25, 0.3) is 0 Å². The molecule has 0 aromatic heterocycles. The van der Waals surface area contributed by atoms with Crippen LogP contribution in [0.4, 0.5) is 0 Å². The van der Waals surface area contributed by atoms with E-state index in [1.54, 1.807) is 0 Å². The lowest BCUT2D eigenvalue weighted by atomic mass is 9.98. The first-order chi connectivity index (χ1) is 14.5. The predicted molar refractivity (Wildman–Crippen MR) is 122 cm³/mol. The summed E-state index contributed by atoms with van der Waals surface area (Å²) >= 11 is 0. The number of hydrogen-bond donors (Lipinski definition) is 2. The lowest BCUT2D eigenvalue weighted by Gasteiger charge is -2.23. The second kappa shape index (κ2) is 11.2. The summed E-state index contributed by atoms with van der Waals surface area (Å²) in [5, 5.41) is 6.84. The number of likely N-dealkylation sites (tertiary alicyclic amines) is 1. The number of carbonyl (C=O) groups is 1. The van der Waals surface area contributed by atoms with E-state index in [2.05, 4.69) is 35.8 Å². The predicted octanol–water partition coefficient (Wildman–Crippen LogP) is 3.71. The van der Waals surface area contributed by atoms with Crippen LogP contribution in [0.15, 0.2) is 29.3 Å². The topological polar surface area (TPSA) is 66.0 Å². The highest BCUT2D eigenvalue weighted by molar-refractivity contribution is 5.81. The monoisotopic (exact) mass is 414 g/mol. The number of guanidine groups is 1. The molecule has 1 aliphatic heterocycles. The quantitative estimate of drug-likeness (QED) is 0.527. The molecule has 6 heteroatoms. The van der Waals surface area contributed by atoms with Crippen LogP contribution < -0.4 is 15.4 Å². The van der Waals surface area contributed by atoms with Gasteiger partial charge in [-0.1, -0.05) is 32.4 Å². The summed E-state index contributed by atoms with van der Waals surface area (Å²) in [5.41, 5.74) is 1.14. The van der Waals surface area contributed by atoms with E-state index in [0.29, 0.717) is 12.6 Å². The molecule has 1 aromatic carbocycles. The Balaban J connectivity index is 1.55. The maximum atomic E-state index is 12.2. The summed E-state index contributed by atoms with van der Waals surface area (Å²) in [6.07, 6.45) is 7.51. The van der Waals surface area contributed by atoms with Crippen molar-refractivity contribution in [1.82, 2.24) is 15.5 Å². The zero-order valence-corrected chi connectivity index (χ0v) is 18.8. The molecule has 1 saturated carbocycles. The normalized spacial score (nSPS) is 20.5. The molecule has 1 heterocycles. The molecule has 1 unspecified atom stereocenters. The lowest BCUT2D eigenvalue weighted by molar-refractivity contribution is -0.133. The van der Waals surface area contributed by atoms with Gasteiger partial charge in [-0.25, -0.2) is 4.99 Å². The standard InChI is InChI=1S/C24H38N4O2/c1-4-25-24(27-20-13-14-28(17-20)23(29)18(2)3)26-16-19-9-8-12-22(15-19)30-21-10-6-5-7-11-21/h8-9,12,15,18,20-21H,4-7,10-11,13-14,16-17H2,1-3H3,(H2,25,26,27). The fraction of sp³-hybridized carbons (Fsp3) is 0.667. The SMILES string of the molecule is CCNC(=NCc1cccc(OC2CCCCC2)c1)NC1CCN(C(=O)C(C)C)C1. The van der Waals surface area contributed by atoms with Crippen LogP contribution in [0.25, 0.3) is 0 Å². The van der Waals surface area contributed by atoms with Crippen LogP contribution in [-0.2, 0) is 11.3 Å². The van der Waals surface area contributed by atoms with E-state index >= 15 is 0 Å². The third kappa shape index (κ3) is 6.64. The minimum absolute atomic E-state index is 0.0498. The first-order valence-electron chi connectivity index (χ1n) is 11.6. The zero-order valence-electron chi connectivity index (χ0n) is 18.8. The summed E-state index contributed by atoms with van der Waals surface area (Å²) in [4.78, 5) is 19.0. The van der Waals surface area contributed by atoms with Crippen molar-refractivity contribution in [3.8, 4) is 5.75 Å². The third-order valence-corrected chi connectivity index (χ3v) is 5.85. The zero-order chi connectivity index (χ0) is 21.3. The van der Waals surface area contributed by atoms with Crippen LogP contribution in [0.5, 0.6) is 5.75 Å². The number of nitrogens with one attached hydrogen (secondary N) is 2. The number of rotatable bonds is 7. The van der Waals surface area contributed by atoms with Gasteiger partial charge >= 0.3 is 0 Å². The van der Waals surface area contributed by atoms with E-state index in [1.165, 1.54) is 19.3 Å². The number of aliphatic imine (C=N–C) groups is 1. The molecule has 2 fully saturated rings. The molecular formula is C24H38N4O2. The fourth-order valence-corrected chi connectivity index (χ4v) is 4.22. The van der Waals surface area contributed by atoms with Crippen molar-refractivity contribution < 1.29 is 9.53 Å². The molecule has 1 amide bonds. The highest BCUT2D eigenvalue weighted by Gasteiger charge is 2.27. The Bertz CT molecular complexity index is 713. The molecule has 3 rings (SSSR count). The van der Waals surface area contributed by atoms with Crippen molar-refractivity contribution in [3.63, 3.8) is 0 Å². The maximum Gasteiger partial charge on any atom is 0.225 e. The summed E-state index contributed by atoms with van der Waals surface area (Å²) < 4.78 is 6.19. The largest absolute Gasteiger partial charge is 0.490 e.